The topological polar surface area (TPSA) is 47.3 Å². The number of hydrogen-bond donors (Lipinski definition) is 1. The van der Waals surface area contributed by atoms with Crippen molar-refractivity contribution in [2.45, 2.75) is 12.6 Å². The molecule has 0 bridgehead atoms. The second-order valence-corrected chi connectivity index (χ2v) is 7.17. The van der Waals surface area contributed by atoms with Crippen molar-refractivity contribution in [2.24, 2.45) is 4.99 Å². The molecule has 28 heavy (non-hydrogen) atoms. The SMILES string of the molecule is CN=C(NCC(c1ccco1)N(C)C)N1CCN(Cc2ccccc2)CC1.I. The van der Waals surface area contributed by atoms with Gasteiger partial charge in [-0.15, -0.1) is 24.0 Å². The van der Waals surface area contributed by atoms with E-state index in [1.165, 1.54) is 5.56 Å². The molecule has 0 saturated carbocycles. The van der Waals surface area contributed by atoms with Gasteiger partial charge in [0.2, 0.25) is 0 Å². The predicted octanol–water partition coefficient (Wildman–Crippen LogP) is 2.89. The first-order valence-electron chi connectivity index (χ1n) is 9.59. The van der Waals surface area contributed by atoms with E-state index in [0.717, 1.165) is 51.0 Å². The number of guanidine groups is 1. The Labute approximate surface area is 185 Å². The normalized spacial score (nSPS) is 16.7. The molecule has 1 saturated heterocycles. The quantitative estimate of drug-likeness (QED) is 0.378. The van der Waals surface area contributed by atoms with Gasteiger partial charge in [0, 0.05) is 46.3 Å². The Morgan fingerprint density at radius 1 is 1.11 bits per heavy atom. The van der Waals surface area contributed by atoms with Gasteiger partial charge in [-0.2, -0.15) is 0 Å². The Morgan fingerprint density at radius 3 is 2.39 bits per heavy atom. The molecule has 1 aromatic heterocycles. The van der Waals surface area contributed by atoms with E-state index < -0.39 is 0 Å². The van der Waals surface area contributed by atoms with Crippen molar-refractivity contribution in [2.75, 3.05) is 53.9 Å². The van der Waals surface area contributed by atoms with E-state index >= 15 is 0 Å². The number of likely N-dealkylation sites (N-methyl/N-ethyl adjacent to an activating group) is 1. The van der Waals surface area contributed by atoms with Crippen LogP contribution in [0.1, 0.15) is 17.4 Å². The lowest BCUT2D eigenvalue weighted by atomic mass is 10.2. The van der Waals surface area contributed by atoms with Crippen LogP contribution in [0.25, 0.3) is 0 Å². The van der Waals surface area contributed by atoms with Gasteiger partial charge in [0.1, 0.15) is 5.76 Å². The van der Waals surface area contributed by atoms with E-state index in [2.05, 4.69) is 69.4 Å². The van der Waals surface area contributed by atoms with Crippen LogP contribution in [0, 0.1) is 0 Å². The zero-order valence-electron chi connectivity index (χ0n) is 17.0. The third kappa shape index (κ3) is 6.22. The predicted molar refractivity (Wildman–Crippen MR) is 125 cm³/mol. The second-order valence-electron chi connectivity index (χ2n) is 7.17. The molecule has 2 aromatic rings. The first-order valence-corrected chi connectivity index (χ1v) is 9.59. The van der Waals surface area contributed by atoms with Gasteiger partial charge in [-0.3, -0.25) is 14.8 Å². The number of piperazine rings is 1. The fourth-order valence-corrected chi connectivity index (χ4v) is 3.50. The van der Waals surface area contributed by atoms with Crippen molar-refractivity contribution in [1.82, 2.24) is 20.0 Å². The van der Waals surface area contributed by atoms with E-state index in [4.69, 9.17) is 4.42 Å². The van der Waals surface area contributed by atoms with E-state index in [1.807, 2.05) is 19.2 Å². The van der Waals surface area contributed by atoms with Gasteiger partial charge >= 0.3 is 0 Å². The molecular formula is C21H32IN5O. The Morgan fingerprint density at radius 2 is 1.82 bits per heavy atom. The number of aliphatic imine (C=N–C) groups is 1. The minimum atomic E-state index is 0. The number of halogens is 1. The Balaban J connectivity index is 0.00000280. The average Bonchev–Trinajstić information content (AvgIpc) is 3.21. The van der Waals surface area contributed by atoms with Crippen LogP contribution >= 0.6 is 24.0 Å². The minimum Gasteiger partial charge on any atom is -0.468 e. The van der Waals surface area contributed by atoms with E-state index in [0.29, 0.717) is 0 Å². The molecule has 1 N–H and O–H groups in total. The standard InChI is InChI=1S/C21H31N5O.HI/c1-22-21(23-16-19(24(2)3)20-10-7-15-27-20)26-13-11-25(12-14-26)17-18-8-5-4-6-9-18;/h4-10,15,19H,11-14,16-17H2,1-3H3,(H,22,23);1H. The average molecular weight is 497 g/mol. The molecular weight excluding hydrogens is 465 g/mol. The van der Waals surface area contributed by atoms with Crippen molar-refractivity contribution in [3.05, 3.63) is 60.1 Å². The highest BCUT2D eigenvalue weighted by atomic mass is 127. The molecule has 0 spiro atoms. The maximum atomic E-state index is 5.60. The molecule has 1 aliphatic rings. The lowest BCUT2D eigenvalue weighted by molar-refractivity contribution is 0.171. The molecule has 154 valence electrons. The Bertz CT molecular complexity index is 697. The zero-order chi connectivity index (χ0) is 19.1. The fraction of sp³-hybridized carbons (Fsp3) is 0.476. The summed E-state index contributed by atoms with van der Waals surface area (Å²) < 4.78 is 5.60. The third-order valence-corrected chi connectivity index (χ3v) is 5.08. The summed E-state index contributed by atoms with van der Waals surface area (Å²) in [7, 11) is 6.00. The maximum Gasteiger partial charge on any atom is 0.193 e. The van der Waals surface area contributed by atoms with E-state index in [-0.39, 0.29) is 30.0 Å². The Kier molecular flexibility index (Phi) is 9.27. The molecule has 7 heteroatoms. The monoisotopic (exact) mass is 497 g/mol. The van der Waals surface area contributed by atoms with Crippen LogP contribution in [0.5, 0.6) is 0 Å². The van der Waals surface area contributed by atoms with Gasteiger partial charge in [-0.05, 0) is 31.8 Å². The molecule has 2 heterocycles. The highest BCUT2D eigenvalue weighted by molar-refractivity contribution is 14.0. The fourth-order valence-electron chi connectivity index (χ4n) is 3.50. The van der Waals surface area contributed by atoms with Crippen LogP contribution < -0.4 is 5.32 Å². The smallest absolute Gasteiger partial charge is 0.193 e. The number of furan rings is 1. The maximum absolute atomic E-state index is 5.60. The molecule has 1 aromatic carbocycles. The summed E-state index contributed by atoms with van der Waals surface area (Å²) in [6.07, 6.45) is 1.73. The first kappa shape index (κ1) is 22.7. The number of hydrogen-bond acceptors (Lipinski definition) is 4. The van der Waals surface area contributed by atoms with Gasteiger partial charge in [0.15, 0.2) is 5.96 Å². The van der Waals surface area contributed by atoms with Crippen LogP contribution in [0.2, 0.25) is 0 Å². The number of nitrogens with one attached hydrogen (secondary N) is 1. The van der Waals surface area contributed by atoms with Crippen molar-refractivity contribution in [3.63, 3.8) is 0 Å². The summed E-state index contributed by atoms with van der Waals surface area (Å²) in [5.74, 6) is 1.93. The molecule has 1 aliphatic heterocycles. The molecule has 1 atom stereocenters. The molecule has 6 nitrogen and oxygen atoms in total. The van der Waals surface area contributed by atoms with Crippen molar-refractivity contribution < 1.29 is 4.42 Å². The van der Waals surface area contributed by atoms with Gasteiger partial charge in [0.05, 0.1) is 12.3 Å². The molecule has 3 rings (SSSR count). The largest absolute Gasteiger partial charge is 0.468 e. The van der Waals surface area contributed by atoms with Gasteiger partial charge < -0.3 is 14.6 Å². The molecule has 0 aliphatic carbocycles. The van der Waals surface area contributed by atoms with Crippen LogP contribution in [0.4, 0.5) is 0 Å². The van der Waals surface area contributed by atoms with Crippen LogP contribution in [0.15, 0.2) is 58.1 Å². The van der Waals surface area contributed by atoms with Gasteiger partial charge in [-0.1, -0.05) is 30.3 Å². The van der Waals surface area contributed by atoms with Crippen LogP contribution in [-0.4, -0.2) is 74.5 Å². The minimum absolute atomic E-state index is 0. The Hall–Kier alpha value is -1.58. The first-order chi connectivity index (χ1) is 13.2. The van der Waals surface area contributed by atoms with E-state index in [9.17, 15) is 0 Å². The summed E-state index contributed by atoms with van der Waals surface area (Å²) in [5, 5.41) is 3.53. The lowest BCUT2D eigenvalue weighted by Crippen LogP contribution is -2.53. The summed E-state index contributed by atoms with van der Waals surface area (Å²) >= 11 is 0. The molecule has 0 amide bonds. The van der Waals surface area contributed by atoms with Gasteiger partial charge in [-0.25, -0.2) is 0 Å². The summed E-state index contributed by atoms with van der Waals surface area (Å²) in [5.41, 5.74) is 1.38. The van der Waals surface area contributed by atoms with Crippen LogP contribution in [-0.2, 0) is 6.54 Å². The number of rotatable bonds is 6. The highest BCUT2D eigenvalue weighted by Crippen LogP contribution is 2.17. The second kappa shape index (κ2) is 11.4. The lowest BCUT2D eigenvalue weighted by Gasteiger charge is -2.37. The molecule has 1 fully saturated rings. The van der Waals surface area contributed by atoms with Gasteiger partial charge in [0.25, 0.3) is 0 Å². The zero-order valence-corrected chi connectivity index (χ0v) is 19.4. The summed E-state index contributed by atoms with van der Waals surface area (Å²) in [4.78, 5) is 11.5. The molecule has 1 unspecified atom stereocenters. The summed E-state index contributed by atoms with van der Waals surface area (Å²) in [6, 6.07) is 14.8. The third-order valence-electron chi connectivity index (χ3n) is 5.08. The van der Waals surface area contributed by atoms with Crippen molar-refractivity contribution in [3.8, 4) is 0 Å². The van der Waals surface area contributed by atoms with E-state index in [1.54, 1.807) is 6.26 Å². The van der Waals surface area contributed by atoms with Crippen molar-refractivity contribution >= 4 is 29.9 Å². The number of benzene rings is 1. The molecule has 0 radical (unpaired) electrons. The van der Waals surface area contributed by atoms with Crippen LogP contribution in [0.3, 0.4) is 0 Å². The van der Waals surface area contributed by atoms with Crippen molar-refractivity contribution in [1.29, 1.82) is 0 Å². The highest BCUT2D eigenvalue weighted by Gasteiger charge is 2.22. The summed E-state index contributed by atoms with van der Waals surface area (Å²) in [6.45, 7) is 5.84. The number of nitrogens with zero attached hydrogens (tertiary/aromatic N) is 4.